The first-order valence-corrected chi connectivity index (χ1v) is 5.77. The van der Waals surface area contributed by atoms with Gasteiger partial charge in [0, 0.05) is 12.5 Å². The summed E-state index contributed by atoms with van der Waals surface area (Å²) in [6, 6.07) is 0.397. The summed E-state index contributed by atoms with van der Waals surface area (Å²) in [6.45, 7) is 8.90. The number of nitrogens with one attached hydrogen (secondary N) is 1. The lowest BCUT2D eigenvalue weighted by molar-refractivity contribution is -0.119. The van der Waals surface area contributed by atoms with Crippen molar-refractivity contribution in [2.24, 2.45) is 11.3 Å². The lowest BCUT2D eigenvalue weighted by Gasteiger charge is -2.30. The lowest BCUT2D eigenvalue weighted by atomic mass is 9.76. The van der Waals surface area contributed by atoms with E-state index >= 15 is 0 Å². The van der Waals surface area contributed by atoms with Crippen molar-refractivity contribution in [1.82, 2.24) is 5.32 Å². The summed E-state index contributed by atoms with van der Waals surface area (Å²) >= 11 is 0. The molecule has 1 heterocycles. The van der Waals surface area contributed by atoms with Gasteiger partial charge in [-0.1, -0.05) is 34.1 Å². The molecule has 0 aromatic heterocycles. The van der Waals surface area contributed by atoms with Crippen LogP contribution >= 0.6 is 0 Å². The summed E-state index contributed by atoms with van der Waals surface area (Å²) in [7, 11) is 0. The molecule has 0 aromatic carbocycles. The van der Waals surface area contributed by atoms with Gasteiger partial charge in [0.05, 0.1) is 0 Å². The van der Waals surface area contributed by atoms with Crippen LogP contribution in [-0.4, -0.2) is 11.9 Å². The molecule has 1 fully saturated rings. The molecule has 0 radical (unpaired) electrons. The fraction of sp³-hybridized carbons (Fsp3) is 0.917. The Balaban J connectivity index is 2.57. The Morgan fingerprint density at radius 3 is 2.71 bits per heavy atom. The maximum atomic E-state index is 11.4. The highest BCUT2D eigenvalue weighted by Crippen LogP contribution is 2.38. The molecule has 82 valence electrons. The topological polar surface area (TPSA) is 29.1 Å². The van der Waals surface area contributed by atoms with Gasteiger partial charge in [-0.25, -0.2) is 0 Å². The zero-order valence-electron chi connectivity index (χ0n) is 9.89. The van der Waals surface area contributed by atoms with Crippen LogP contribution in [0.5, 0.6) is 0 Å². The second-order valence-corrected chi connectivity index (χ2v) is 5.29. The van der Waals surface area contributed by atoms with Gasteiger partial charge >= 0.3 is 0 Å². The number of amides is 1. The van der Waals surface area contributed by atoms with Crippen LogP contribution in [-0.2, 0) is 4.79 Å². The Hall–Kier alpha value is -0.530. The van der Waals surface area contributed by atoms with Crippen LogP contribution in [0.3, 0.4) is 0 Å². The first-order chi connectivity index (χ1) is 6.48. The Morgan fingerprint density at radius 1 is 1.57 bits per heavy atom. The molecule has 0 spiro atoms. The van der Waals surface area contributed by atoms with Crippen LogP contribution in [0.1, 0.15) is 53.4 Å². The van der Waals surface area contributed by atoms with E-state index in [1.165, 1.54) is 12.8 Å². The second kappa shape index (κ2) is 4.33. The van der Waals surface area contributed by atoms with Crippen molar-refractivity contribution < 1.29 is 4.79 Å². The van der Waals surface area contributed by atoms with Gasteiger partial charge in [0.1, 0.15) is 0 Å². The summed E-state index contributed by atoms with van der Waals surface area (Å²) in [4.78, 5) is 11.4. The van der Waals surface area contributed by atoms with Gasteiger partial charge < -0.3 is 5.32 Å². The minimum atomic E-state index is 0.204. The van der Waals surface area contributed by atoms with Crippen LogP contribution in [0, 0.1) is 11.3 Å². The highest BCUT2D eigenvalue weighted by atomic mass is 16.2. The Morgan fingerprint density at radius 2 is 2.21 bits per heavy atom. The lowest BCUT2D eigenvalue weighted by Crippen LogP contribution is -2.34. The minimum Gasteiger partial charge on any atom is -0.353 e. The highest BCUT2D eigenvalue weighted by Gasteiger charge is 2.41. The van der Waals surface area contributed by atoms with E-state index in [1.54, 1.807) is 0 Å². The number of hydrogen-bond acceptors (Lipinski definition) is 1. The molecule has 0 aliphatic carbocycles. The van der Waals surface area contributed by atoms with Crippen LogP contribution < -0.4 is 5.32 Å². The van der Waals surface area contributed by atoms with Gasteiger partial charge in [0.15, 0.2) is 0 Å². The summed E-state index contributed by atoms with van der Waals surface area (Å²) in [5.41, 5.74) is 0.204. The van der Waals surface area contributed by atoms with E-state index < -0.39 is 0 Å². The van der Waals surface area contributed by atoms with E-state index in [2.05, 4.69) is 33.0 Å². The molecule has 1 aliphatic rings. The van der Waals surface area contributed by atoms with Crippen LogP contribution in [0.25, 0.3) is 0 Å². The van der Waals surface area contributed by atoms with Crippen molar-refractivity contribution >= 4 is 5.91 Å². The van der Waals surface area contributed by atoms with Gasteiger partial charge in [-0.15, -0.1) is 0 Å². The molecule has 2 heteroatoms. The predicted octanol–water partition coefficient (Wildman–Crippen LogP) is 2.73. The number of carbonyl (C=O) groups excluding carboxylic acids is 1. The zero-order valence-corrected chi connectivity index (χ0v) is 9.89. The second-order valence-electron chi connectivity index (χ2n) is 5.29. The molecule has 2 atom stereocenters. The monoisotopic (exact) mass is 197 g/mol. The van der Waals surface area contributed by atoms with Crippen LogP contribution in [0.4, 0.5) is 0 Å². The van der Waals surface area contributed by atoms with Gasteiger partial charge in [-0.3, -0.25) is 4.79 Å². The largest absolute Gasteiger partial charge is 0.353 e. The Bertz CT molecular complexity index is 212. The smallest absolute Gasteiger partial charge is 0.220 e. The third-order valence-electron chi connectivity index (χ3n) is 3.44. The van der Waals surface area contributed by atoms with E-state index in [0.717, 1.165) is 18.8 Å². The van der Waals surface area contributed by atoms with Crippen molar-refractivity contribution in [3.8, 4) is 0 Å². The van der Waals surface area contributed by atoms with Crippen molar-refractivity contribution in [1.29, 1.82) is 0 Å². The normalized spacial score (nSPS) is 32.4. The van der Waals surface area contributed by atoms with Gasteiger partial charge in [0.25, 0.3) is 0 Å². The average Bonchev–Trinajstić information content (AvgIpc) is 2.38. The molecule has 1 rings (SSSR count). The fourth-order valence-electron chi connectivity index (χ4n) is 2.39. The number of carbonyl (C=O) groups is 1. The first-order valence-electron chi connectivity index (χ1n) is 5.77. The molecule has 2 unspecified atom stereocenters. The molecule has 0 aromatic rings. The van der Waals surface area contributed by atoms with Gasteiger partial charge in [-0.2, -0.15) is 0 Å². The maximum absolute atomic E-state index is 11.4. The standard InChI is InChI=1S/C12H23NO/c1-5-10-12(4,7-6-9(2)3)8-11(14)13-10/h9-10H,5-8H2,1-4H3,(H,13,14). The van der Waals surface area contributed by atoms with Gasteiger partial charge in [0.2, 0.25) is 5.91 Å². The number of rotatable bonds is 4. The average molecular weight is 197 g/mol. The maximum Gasteiger partial charge on any atom is 0.220 e. The minimum absolute atomic E-state index is 0.204. The summed E-state index contributed by atoms with van der Waals surface area (Å²) in [5.74, 6) is 0.975. The van der Waals surface area contributed by atoms with E-state index in [1.807, 2.05) is 0 Å². The molecule has 1 aliphatic heterocycles. The molecule has 0 saturated carbocycles. The molecular formula is C12H23NO. The zero-order chi connectivity index (χ0) is 10.8. The quantitative estimate of drug-likeness (QED) is 0.737. The Labute approximate surface area is 87.5 Å². The van der Waals surface area contributed by atoms with Crippen molar-refractivity contribution in [3.63, 3.8) is 0 Å². The van der Waals surface area contributed by atoms with E-state index in [9.17, 15) is 4.79 Å². The molecule has 1 amide bonds. The van der Waals surface area contributed by atoms with Crippen LogP contribution in [0.15, 0.2) is 0 Å². The molecular weight excluding hydrogens is 174 g/mol. The van der Waals surface area contributed by atoms with Gasteiger partial charge in [-0.05, 0) is 24.2 Å². The summed E-state index contributed by atoms with van der Waals surface area (Å²) in [6.07, 6.45) is 4.17. The van der Waals surface area contributed by atoms with Crippen LogP contribution in [0.2, 0.25) is 0 Å². The molecule has 1 saturated heterocycles. The molecule has 1 N–H and O–H groups in total. The van der Waals surface area contributed by atoms with Crippen molar-refractivity contribution in [3.05, 3.63) is 0 Å². The highest BCUT2D eigenvalue weighted by molar-refractivity contribution is 5.79. The molecule has 0 bridgehead atoms. The summed E-state index contributed by atoms with van der Waals surface area (Å²) < 4.78 is 0. The Kier molecular flexibility index (Phi) is 3.57. The number of hydrogen-bond donors (Lipinski definition) is 1. The fourth-order valence-corrected chi connectivity index (χ4v) is 2.39. The third-order valence-corrected chi connectivity index (χ3v) is 3.44. The first kappa shape index (κ1) is 11.5. The van der Waals surface area contributed by atoms with E-state index in [4.69, 9.17) is 0 Å². The SMILES string of the molecule is CCC1NC(=O)CC1(C)CCC(C)C. The van der Waals surface area contributed by atoms with Crippen molar-refractivity contribution in [2.75, 3.05) is 0 Å². The summed E-state index contributed by atoms with van der Waals surface area (Å²) in [5, 5.41) is 3.08. The molecule has 2 nitrogen and oxygen atoms in total. The predicted molar refractivity (Wildman–Crippen MR) is 59.0 cm³/mol. The van der Waals surface area contributed by atoms with E-state index in [0.29, 0.717) is 6.04 Å². The van der Waals surface area contributed by atoms with E-state index in [-0.39, 0.29) is 11.3 Å². The third kappa shape index (κ3) is 2.49. The van der Waals surface area contributed by atoms with Crippen molar-refractivity contribution in [2.45, 2.75) is 59.4 Å². The molecule has 14 heavy (non-hydrogen) atoms.